The van der Waals surface area contributed by atoms with Crippen LogP contribution in [0.4, 0.5) is 5.69 Å². The van der Waals surface area contributed by atoms with Crippen molar-refractivity contribution in [3.63, 3.8) is 0 Å². The highest BCUT2D eigenvalue weighted by Gasteiger charge is 2.22. The lowest BCUT2D eigenvalue weighted by Crippen LogP contribution is -2.44. The first-order chi connectivity index (χ1) is 11.6. The largest absolute Gasteiger partial charge is 0.497 e. The number of anilines is 1. The van der Waals surface area contributed by atoms with E-state index in [-0.39, 0.29) is 11.9 Å². The maximum atomic E-state index is 12.3. The van der Waals surface area contributed by atoms with Crippen LogP contribution in [-0.2, 0) is 0 Å². The van der Waals surface area contributed by atoms with Crippen LogP contribution in [0.1, 0.15) is 22.5 Å². The van der Waals surface area contributed by atoms with E-state index in [0.29, 0.717) is 0 Å². The van der Waals surface area contributed by atoms with Crippen LogP contribution in [0.5, 0.6) is 5.75 Å². The minimum atomic E-state index is 0.00861. The Morgan fingerprint density at radius 1 is 1.25 bits per heavy atom. The summed E-state index contributed by atoms with van der Waals surface area (Å²) in [5.41, 5.74) is 1.20. The molecular weight excluding hydrogens is 456 g/mol. The standard InChI is InChI=1S/C17H18Br2N2O2S/c1-23-13-4-2-12(3-5-13)21-8-6-11(7-9-21)20-17(22)15-10-14(18)16(19)24-15/h2-5,10-11H,6-9H2,1H3,(H,20,22). The van der Waals surface area contributed by atoms with Gasteiger partial charge in [0, 0.05) is 29.3 Å². The first-order valence-electron chi connectivity index (χ1n) is 7.71. The number of carbonyl (C=O) groups excluding carboxylic acids is 1. The van der Waals surface area contributed by atoms with E-state index in [1.54, 1.807) is 7.11 Å². The molecule has 0 radical (unpaired) electrons. The molecule has 1 aliphatic heterocycles. The molecule has 0 aliphatic carbocycles. The normalized spacial score (nSPS) is 15.4. The molecule has 7 heteroatoms. The summed E-state index contributed by atoms with van der Waals surface area (Å²) in [4.78, 5) is 15.4. The second-order valence-electron chi connectivity index (χ2n) is 5.67. The Kier molecular flexibility index (Phi) is 5.84. The van der Waals surface area contributed by atoms with Crippen LogP contribution < -0.4 is 15.0 Å². The molecule has 0 spiro atoms. The van der Waals surface area contributed by atoms with Gasteiger partial charge in [-0.15, -0.1) is 11.3 Å². The number of nitrogens with one attached hydrogen (secondary N) is 1. The van der Waals surface area contributed by atoms with Gasteiger partial charge in [0.05, 0.1) is 15.8 Å². The zero-order valence-corrected chi connectivity index (χ0v) is 17.2. The smallest absolute Gasteiger partial charge is 0.261 e. The van der Waals surface area contributed by atoms with Gasteiger partial charge in [-0.05, 0) is 75.0 Å². The van der Waals surface area contributed by atoms with E-state index >= 15 is 0 Å². The van der Waals surface area contributed by atoms with Crippen LogP contribution in [0.3, 0.4) is 0 Å². The molecule has 0 saturated carbocycles. The number of thiophene rings is 1. The number of benzene rings is 1. The predicted octanol–water partition coefficient (Wildman–Crippen LogP) is 4.68. The van der Waals surface area contributed by atoms with E-state index in [4.69, 9.17) is 4.74 Å². The van der Waals surface area contributed by atoms with E-state index in [1.807, 2.05) is 18.2 Å². The predicted molar refractivity (Wildman–Crippen MR) is 105 cm³/mol. The Hall–Kier alpha value is -1.05. The van der Waals surface area contributed by atoms with Crippen LogP contribution >= 0.6 is 43.2 Å². The number of amides is 1. The molecule has 1 amide bonds. The maximum Gasteiger partial charge on any atom is 0.261 e. The molecule has 4 nitrogen and oxygen atoms in total. The van der Waals surface area contributed by atoms with Gasteiger partial charge in [0.1, 0.15) is 5.75 Å². The van der Waals surface area contributed by atoms with E-state index in [0.717, 1.165) is 44.8 Å². The summed E-state index contributed by atoms with van der Waals surface area (Å²) in [7, 11) is 1.67. The summed E-state index contributed by atoms with van der Waals surface area (Å²) < 4.78 is 7.07. The molecule has 0 unspecified atom stereocenters. The molecule has 24 heavy (non-hydrogen) atoms. The van der Waals surface area contributed by atoms with E-state index < -0.39 is 0 Å². The first-order valence-corrected chi connectivity index (χ1v) is 10.1. The number of methoxy groups -OCH3 is 1. The Labute approximate surface area is 162 Å². The maximum absolute atomic E-state index is 12.3. The SMILES string of the molecule is COc1ccc(N2CCC(NC(=O)c3cc(Br)c(Br)s3)CC2)cc1. The molecule has 0 atom stereocenters. The zero-order chi connectivity index (χ0) is 17.1. The lowest BCUT2D eigenvalue weighted by molar-refractivity contribution is 0.0935. The molecule has 1 N–H and O–H groups in total. The van der Waals surface area contributed by atoms with Crippen LogP contribution in [0.2, 0.25) is 0 Å². The molecule has 3 rings (SSSR count). The summed E-state index contributed by atoms with van der Waals surface area (Å²) in [5.74, 6) is 0.878. The van der Waals surface area contributed by atoms with Crippen LogP contribution in [-0.4, -0.2) is 32.1 Å². The number of ether oxygens (including phenoxy) is 1. The number of carbonyl (C=O) groups is 1. The van der Waals surface area contributed by atoms with Crippen LogP contribution in [0, 0.1) is 0 Å². The molecule has 1 aliphatic rings. The van der Waals surface area contributed by atoms with E-state index in [1.165, 1.54) is 17.0 Å². The fraction of sp³-hybridized carbons (Fsp3) is 0.353. The van der Waals surface area contributed by atoms with Gasteiger partial charge in [0.2, 0.25) is 0 Å². The number of halogens is 2. The molecule has 1 aromatic heterocycles. The van der Waals surface area contributed by atoms with Gasteiger partial charge < -0.3 is 15.0 Å². The average Bonchev–Trinajstić information content (AvgIpc) is 2.95. The van der Waals surface area contributed by atoms with E-state index in [2.05, 4.69) is 54.2 Å². The van der Waals surface area contributed by atoms with Crippen molar-refractivity contribution in [1.29, 1.82) is 0 Å². The molecule has 2 heterocycles. The highest BCUT2D eigenvalue weighted by molar-refractivity contribution is 9.13. The van der Waals surface area contributed by atoms with Gasteiger partial charge in [0.25, 0.3) is 5.91 Å². The van der Waals surface area contributed by atoms with Crippen LogP contribution in [0.25, 0.3) is 0 Å². The van der Waals surface area contributed by atoms with Crippen molar-refractivity contribution in [2.45, 2.75) is 18.9 Å². The van der Waals surface area contributed by atoms with Crippen molar-refractivity contribution in [2.24, 2.45) is 0 Å². The Morgan fingerprint density at radius 3 is 2.46 bits per heavy atom. The lowest BCUT2D eigenvalue weighted by atomic mass is 10.0. The molecule has 1 aromatic carbocycles. The third-order valence-electron chi connectivity index (χ3n) is 4.14. The van der Waals surface area contributed by atoms with Crippen LogP contribution in [0.15, 0.2) is 38.6 Å². The van der Waals surface area contributed by atoms with Crippen molar-refractivity contribution < 1.29 is 9.53 Å². The van der Waals surface area contributed by atoms with Crippen molar-refractivity contribution in [3.05, 3.63) is 43.5 Å². The highest BCUT2D eigenvalue weighted by atomic mass is 79.9. The Morgan fingerprint density at radius 2 is 1.92 bits per heavy atom. The molecule has 1 saturated heterocycles. The third-order valence-corrected chi connectivity index (χ3v) is 7.39. The summed E-state index contributed by atoms with van der Waals surface area (Å²) in [6, 6.07) is 10.2. The molecule has 128 valence electrons. The second-order valence-corrected chi connectivity index (χ2v) is 8.89. The average molecular weight is 474 g/mol. The molecule has 0 bridgehead atoms. The van der Waals surface area contributed by atoms with Crippen molar-refractivity contribution in [1.82, 2.24) is 5.32 Å². The number of rotatable bonds is 4. The van der Waals surface area contributed by atoms with E-state index in [9.17, 15) is 4.79 Å². The fourth-order valence-electron chi connectivity index (χ4n) is 2.79. The zero-order valence-electron chi connectivity index (χ0n) is 13.2. The molecule has 1 fully saturated rings. The van der Waals surface area contributed by atoms with Crippen molar-refractivity contribution >= 4 is 54.8 Å². The Bertz CT molecular complexity index is 690. The van der Waals surface area contributed by atoms with Gasteiger partial charge >= 0.3 is 0 Å². The number of piperidine rings is 1. The fourth-order valence-corrected chi connectivity index (χ4v) is 4.73. The number of hydrogen-bond donors (Lipinski definition) is 1. The summed E-state index contributed by atoms with van der Waals surface area (Å²) in [6.07, 6.45) is 1.90. The number of hydrogen-bond acceptors (Lipinski definition) is 4. The highest BCUT2D eigenvalue weighted by Crippen LogP contribution is 2.32. The summed E-state index contributed by atoms with van der Waals surface area (Å²) in [6.45, 7) is 1.88. The Balaban J connectivity index is 1.53. The van der Waals surface area contributed by atoms with Gasteiger partial charge in [-0.25, -0.2) is 0 Å². The first kappa shape index (κ1) is 17.8. The number of nitrogens with zero attached hydrogens (tertiary/aromatic N) is 1. The van der Waals surface area contributed by atoms with Gasteiger partial charge in [-0.1, -0.05) is 0 Å². The topological polar surface area (TPSA) is 41.6 Å². The summed E-state index contributed by atoms with van der Waals surface area (Å²) in [5, 5.41) is 3.15. The van der Waals surface area contributed by atoms with Crippen molar-refractivity contribution in [3.8, 4) is 5.75 Å². The quantitative estimate of drug-likeness (QED) is 0.700. The molecular formula is C17H18Br2N2O2S. The minimum absolute atomic E-state index is 0.00861. The van der Waals surface area contributed by atoms with Gasteiger partial charge in [-0.2, -0.15) is 0 Å². The molecule has 2 aromatic rings. The summed E-state index contributed by atoms with van der Waals surface area (Å²) >= 11 is 8.30. The third kappa shape index (κ3) is 4.13. The van der Waals surface area contributed by atoms with Gasteiger partial charge in [0.15, 0.2) is 0 Å². The van der Waals surface area contributed by atoms with Gasteiger partial charge in [-0.3, -0.25) is 4.79 Å². The monoisotopic (exact) mass is 472 g/mol. The van der Waals surface area contributed by atoms with Crippen molar-refractivity contribution in [2.75, 3.05) is 25.1 Å². The minimum Gasteiger partial charge on any atom is -0.497 e. The second kappa shape index (κ2) is 7.89. The lowest BCUT2D eigenvalue weighted by Gasteiger charge is -2.34.